The topological polar surface area (TPSA) is 89.3 Å². The van der Waals surface area contributed by atoms with Gasteiger partial charge in [-0.05, 0) is 24.3 Å². The first-order valence-electron chi connectivity index (χ1n) is 8.07. The standard InChI is InChI=1S/C21H15FN2O3/c22-18-11-10-14(12-17(18)20(23)26)24-21(27)16-9-5-4-8-15(16)19(25)13-6-2-1-3-7-13/h1-12H,(H2,23,26)(H,24,27). The van der Waals surface area contributed by atoms with E-state index < -0.39 is 17.6 Å². The Labute approximate surface area is 154 Å². The molecule has 0 heterocycles. The lowest BCUT2D eigenvalue weighted by Gasteiger charge is -2.10. The Morgan fingerprint density at radius 3 is 2.07 bits per heavy atom. The summed E-state index contributed by atoms with van der Waals surface area (Å²) in [6.45, 7) is 0. The average molecular weight is 362 g/mol. The van der Waals surface area contributed by atoms with E-state index >= 15 is 0 Å². The van der Waals surface area contributed by atoms with Crippen LogP contribution in [-0.2, 0) is 0 Å². The lowest BCUT2D eigenvalue weighted by atomic mass is 9.98. The maximum atomic E-state index is 13.6. The van der Waals surface area contributed by atoms with Crippen LogP contribution in [-0.4, -0.2) is 17.6 Å². The van der Waals surface area contributed by atoms with Gasteiger partial charge in [0.2, 0.25) is 0 Å². The van der Waals surface area contributed by atoms with Crippen molar-refractivity contribution in [1.82, 2.24) is 0 Å². The number of anilines is 1. The van der Waals surface area contributed by atoms with Gasteiger partial charge in [-0.1, -0.05) is 48.5 Å². The highest BCUT2D eigenvalue weighted by Gasteiger charge is 2.18. The molecule has 0 fully saturated rings. The van der Waals surface area contributed by atoms with E-state index in [1.54, 1.807) is 48.5 Å². The molecule has 2 amide bonds. The fraction of sp³-hybridized carbons (Fsp3) is 0. The van der Waals surface area contributed by atoms with E-state index in [2.05, 4.69) is 5.32 Å². The Morgan fingerprint density at radius 1 is 0.778 bits per heavy atom. The largest absolute Gasteiger partial charge is 0.366 e. The van der Waals surface area contributed by atoms with Gasteiger partial charge in [0.25, 0.3) is 11.8 Å². The van der Waals surface area contributed by atoms with Crippen molar-refractivity contribution in [2.45, 2.75) is 0 Å². The second-order valence-electron chi connectivity index (χ2n) is 5.75. The first-order valence-corrected chi connectivity index (χ1v) is 8.07. The van der Waals surface area contributed by atoms with Gasteiger partial charge >= 0.3 is 0 Å². The highest BCUT2D eigenvalue weighted by molar-refractivity contribution is 6.17. The molecule has 3 rings (SSSR count). The van der Waals surface area contributed by atoms with Crippen LogP contribution in [0.2, 0.25) is 0 Å². The molecule has 134 valence electrons. The number of ketones is 1. The van der Waals surface area contributed by atoms with E-state index in [9.17, 15) is 18.8 Å². The molecule has 3 aromatic carbocycles. The number of benzene rings is 3. The molecule has 0 aromatic heterocycles. The molecule has 0 unspecified atom stereocenters. The molecule has 0 saturated heterocycles. The van der Waals surface area contributed by atoms with Crippen LogP contribution in [0, 0.1) is 5.82 Å². The summed E-state index contributed by atoms with van der Waals surface area (Å²) >= 11 is 0. The summed E-state index contributed by atoms with van der Waals surface area (Å²) in [6.07, 6.45) is 0. The minimum absolute atomic E-state index is 0.163. The molecular formula is C21H15FN2O3. The number of carbonyl (C=O) groups excluding carboxylic acids is 3. The zero-order valence-corrected chi connectivity index (χ0v) is 14.1. The van der Waals surface area contributed by atoms with Crippen LogP contribution in [0.4, 0.5) is 10.1 Å². The second kappa shape index (κ2) is 7.61. The summed E-state index contributed by atoms with van der Waals surface area (Å²) < 4.78 is 13.6. The highest BCUT2D eigenvalue weighted by Crippen LogP contribution is 2.19. The number of hydrogen-bond donors (Lipinski definition) is 2. The maximum Gasteiger partial charge on any atom is 0.256 e. The maximum absolute atomic E-state index is 13.6. The van der Waals surface area contributed by atoms with Gasteiger partial charge in [-0.3, -0.25) is 14.4 Å². The molecule has 0 aliphatic heterocycles. The molecule has 6 heteroatoms. The molecule has 5 nitrogen and oxygen atoms in total. The minimum atomic E-state index is -0.941. The number of amides is 2. The summed E-state index contributed by atoms with van der Waals surface area (Å²) in [5.74, 6) is -2.57. The Hall–Kier alpha value is -3.80. The number of hydrogen-bond acceptors (Lipinski definition) is 3. The minimum Gasteiger partial charge on any atom is -0.366 e. The van der Waals surface area contributed by atoms with Crippen molar-refractivity contribution in [1.29, 1.82) is 0 Å². The van der Waals surface area contributed by atoms with E-state index in [0.29, 0.717) is 5.56 Å². The quantitative estimate of drug-likeness (QED) is 0.682. The smallest absolute Gasteiger partial charge is 0.256 e. The summed E-state index contributed by atoms with van der Waals surface area (Å²) in [5, 5.41) is 2.56. The predicted molar refractivity (Wildman–Crippen MR) is 99.2 cm³/mol. The van der Waals surface area contributed by atoms with Crippen LogP contribution in [0.15, 0.2) is 72.8 Å². The van der Waals surface area contributed by atoms with Crippen LogP contribution < -0.4 is 11.1 Å². The van der Waals surface area contributed by atoms with Gasteiger partial charge in [-0.2, -0.15) is 0 Å². The van der Waals surface area contributed by atoms with Gasteiger partial charge in [0, 0.05) is 16.8 Å². The number of nitrogens with two attached hydrogens (primary N) is 1. The number of halogens is 1. The average Bonchev–Trinajstić information content (AvgIpc) is 2.69. The van der Waals surface area contributed by atoms with Gasteiger partial charge in [0.05, 0.1) is 11.1 Å². The molecule has 27 heavy (non-hydrogen) atoms. The van der Waals surface area contributed by atoms with Crippen molar-refractivity contribution in [3.63, 3.8) is 0 Å². The number of rotatable bonds is 5. The molecule has 0 aliphatic carbocycles. The molecule has 3 N–H and O–H groups in total. The molecule has 0 saturated carbocycles. The van der Waals surface area contributed by atoms with Gasteiger partial charge in [0.15, 0.2) is 5.78 Å². The fourth-order valence-corrected chi connectivity index (χ4v) is 2.61. The van der Waals surface area contributed by atoms with Crippen molar-refractivity contribution in [3.8, 4) is 0 Å². The van der Waals surface area contributed by atoms with Crippen molar-refractivity contribution in [3.05, 3.63) is 101 Å². The number of carbonyl (C=O) groups is 3. The van der Waals surface area contributed by atoms with E-state index in [4.69, 9.17) is 5.73 Å². The Kier molecular flexibility index (Phi) is 5.08. The molecule has 0 atom stereocenters. The summed E-state index contributed by atoms with van der Waals surface area (Å²) in [4.78, 5) is 36.6. The van der Waals surface area contributed by atoms with Gasteiger partial charge in [-0.25, -0.2) is 4.39 Å². The Bertz CT molecular complexity index is 1030. The monoisotopic (exact) mass is 362 g/mol. The Balaban J connectivity index is 1.92. The third kappa shape index (κ3) is 3.90. The molecule has 3 aromatic rings. The first kappa shape index (κ1) is 18.0. The van der Waals surface area contributed by atoms with Crippen LogP contribution in [0.3, 0.4) is 0 Å². The Morgan fingerprint density at radius 2 is 1.41 bits per heavy atom. The van der Waals surface area contributed by atoms with Crippen molar-refractivity contribution in [2.24, 2.45) is 5.73 Å². The highest BCUT2D eigenvalue weighted by atomic mass is 19.1. The fourth-order valence-electron chi connectivity index (χ4n) is 2.61. The van der Waals surface area contributed by atoms with Crippen molar-refractivity contribution < 1.29 is 18.8 Å². The van der Waals surface area contributed by atoms with Crippen molar-refractivity contribution >= 4 is 23.3 Å². The van der Waals surface area contributed by atoms with E-state index in [1.165, 1.54) is 12.1 Å². The summed E-state index contributed by atoms with van der Waals surface area (Å²) in [6, 6.07) is 18.5. The van der Waals surface area contributed by atoms with E-state index in [1.807, 2.05) is 0 Å². The predicted octanol–water partition coefficient (Wildman–Crippen LogP) is 3.41. The van der Waals surface area contributed by atoms with E-state index in [-0.39, 0.29) is 28.2 Å². The molecule has 0 radical (unpaired) electrons. The van der Waals surface area contributed by atoms with Crippen LogP contribution >= 0.6 is 0 Å². The zero-order chi connectivity index (χ0) is 19.4. The first-order chi connectivity index (χ1) is 13.0. The normalized spacial score (nSPS) is 10.3. The number of nitrogens with one attached hydrogen (secondary N) is 1. The summed E-state index contributed by atoms with van der Waals surface area (Å²) in [5.41, 5.74) is 5.83. The lowest BCUT2D eigenvalue weighted by molar-refractivity contribution is 0.0992. The third-order valence-electron chi connectivity index (χ3n) is 3.94. The molecule has 0 bridgehead atoms. The zero-order valence-electron chi connectivity index (χ0n) is 14.1. The van der Waals surface area contributed by atoms with Gasteiger partial charge in [-0.15, -0.1) is 0 Å². The molecule has 0 spiro atoms. The SMILES string of the molecule is NC(=O)c1cc(NC(=O)c2ccccc2C(=O)c2ccccc2)ccc1F. The van der Waals surface area contributed by atoms with Crippen molar-refractivity contribution in [2.75, 3.05) is 5.32 Å². The van der Waals surface area contributed by atoms with Crippen LogP contribution in [0.5, 0.6) is 0 Å². The van der Waals surface area contributed by atoms with Crippen LogP contribution in [0.1, 0.15) is 36.6 Å². The van der Waals surface area contributed by atoms with E-state index in [0.717, 1.165) is 12.1 Å². The third-order valence-corrected chi connectivity index (χ3v) is 3.94. The molecular weight excluding hydrogens is 347 g/mol. The van der Waals surface area contributed by atoms with Crippen LogP contribution in [0.25, 0.3) is 0 Å². The lowest BCUT2D eigenvalue weighted by Crippen LogP contribution is -2.18. The summed E-state index contributed by atoms with van der Waals surface area (Å²) in [7, 11) is 0. The second-order valence-corrected chi connectivity index (χ2v) is 5.75. The molecule has 0 aliphatic rings. The van der Waals surface area contributed by atoms with Gasteiger partial charge < -0.3 is 11.1 Å². The number of primary amides is 1. The van der Waals surface area contributed by atoms with Gasteiger partial charge in [0.1, 0.15) is 5.82 Å².